The Morgan fingerprint density at radius 1 is 1.27 bits per heavy atom. The molecule has 26 heavy (non-hydrogen) atoms. The fraction of sp³-hybridized carbons (Fsp3) is 0.105. The van der Waals surface area contributed by atoms with E-state index in [0.29, 0.717) is 22.1 Å². The molecule has 3 aromatic rings. The van der Waals surface area contributed by atoms with E-state index in [9.17, 15) is 9.18 Å². The Morgan fingerprint density at radius 3 is 2.73 bits per heavy atom. The van der Waals surface area contributed by atoms with Gasteiger partial charge in [-0.05, 0) is 24.3 Å². The summed E-state index contributed by atoms with van der Waals surface area (Å²) in [5.74, 6) is -0.382. The van der Waals surface area contributed by atoms with Crippen LogP contribution in [0.15, 0.2) is 53.9 Å². The molecule has 0 atom stereocenters. The van der Waals surface area contributed by atoms with Crippen LogP contribution in [0.1, 0.15) is 18.2 Å². The highest BCUT2D eigenvalue weighted by Crippen LogP contribution is 2.31. The Hall–Kier alpha value is -3.24. The van der Waals surface area contributed by atoms with Crippen LogP contribution >= 0.6 is 11.3 Å². The number of benzene rings is 2. The molecular formula is C19H14FN3O2S. The first-order valence-electron chi connectivity index (χ1n) is 7.71. The lowest BCUT2D eigenvalue weighted by Crippen LogP contribution is -2.23. The van der Waals surface area contributed by atoms with Gasteiger partial charge in [0.15, 0.2) is 5.13 Å². The molecule has 1 heterocycles. The molecular weight excluding hydrogens is 353 g/mol. The molecule has 0 saturated carbocycles. The van der Waals surface area contributed by atoms with Crippen molar-refractivity contribution in [3.05, 3.63) is 71.0 Å². The molecule has 1 amide bonds. The zero-order valence-electron chi connectivity index (χ0n) is 13.8. The Balaban J connectivity index is 1.81. The van der Waals surface area contributed by atoms with Gasteiger partial charge in [0.2, 0.25) is 5.91 Å². The highest BCUT2D eigenvalue weighted by molar-refractivity contribution is 7.14. The summed E-state index contributed by atoms with van der Waals surface area (Å²) < 4.78 is 19.7. The molecule has 1 aromatic heterocycles. The summed E-state index contributed by atoms with van der Waals surface area (Å²) >= 11 is 1.22. The maximum atomic E-state index is 14.1. The third-order valence-electron chi connectivity index (χ3n) is 3.52. The Kier molecular flexibility index (Phi) is 5.25. The van der Waals surface area contributed by atoms with Crippen LogP contribution in [0.3, 0.4) is 0 Å². The van der Waals surface area contributed by atoms with Crippen LogP contribution in [0.4, 0.5) is 15.2 Å². The maximum absolute atomic E-state index is 14.1. The number of amides is 1. The maximum Gasteiger partial charge on any atom is 0.230 e. The number of thiazole rings is 1. The number of hydrogen-bond donors (Lipinski definition) is 0. The van der Waals surface area contributed by atoms with Crippen LogP contribution in [0.5, 0.6) is 5.75 Å². The van der Waals surface area contributed by atoms with Crippen molar-refractivity contribution in [2.75, 3.05) is 4.90 Å². The average molecular weight is 367 g/mol. The zero-order valence-corrected chi connectivity index (χ0v) is 14.7. The van der Waals surface area contributed by atoms with Crippen LogP contribution in [0.2, 0.25) is 0 Å². The molecule has 130 valence electrons. The minimum Gasteiger partial charge on any atom is -0.486 e. The van der Waals surface area contributed by atoms with Crippen molar-refractivity contribution in [3.63, 3.8) is 0 Å². The minimum atomic E-state index is -0.501. The summed E-state index contributed by atoms with van der Waals surface area (Å²) in [5.41, 5.74) is 1.16. The molecule has 0 N–H and O–H groups in total. The molecule has 0 saturated heterocycles. The zero-order chi connectivity index (χ0) is 18.5. The van der Waals surface area contributed by atoms with E-state index in [4.69, 9.17) is 10.00 Å². The molecule has 0 aliphatic rings. The van der Waals surface area contributed by atoms with Crippen molar-refractivity contribution in [1.82, 2.24) is 4.98 Å². The van der Waals surface area contributed by atoms with Crippen LogP contribution in [-0.4, -0.2) is 10.9 Å². The first kappa shape index (κ1) is 17.6. The third-order valence-corrected chi connectivity index (χ3v) is 4.40. The number of hydrogen-bond acceptors (Lipinski definition) is 5. The first-order valence-corrected chi connectivity index (χ1v) is 8.59. The van der Waals surface area contributed by atoms with Gasteiger partial charge in [0.05, 0.1) is 16.9 Å². The molecule has 3 rings (SSSR count). The standard InChI is InChI=1S/C19H14FN3O2S/c1-13(24)23(17-8-4-3-7-16(17)20)19-22-15(12-26-19)11-25-18-9-5-2-6-14(18)10-21/h2-9,12H,11H2,1H3. The largest absolute Gasteiger partial charge is 0.486 e. The second-order valence-corrected chi connectivity index (χ2v) is 6.16. The number of nitriles is 1. The summed E-state index contributed by atoms with van der Waals surface area (Å²) in [4.78, 5) is 17.6. The highest BCUT2D eigenvalue weighted by Gasteiger charge is 2.21. The third kappa shape index (κ3) is 3.71. The van der Waals surface area contributed by atoms with E-state index < -0.39 is 5.82 Å². The van der Waals surface area contributed by atoms with Crippen LogP contribution in [0.25, 0.3) is 0 Å². The van der Waals surface area contributed by atoms with Gasteiger partial charge in [0, 0.05) is 12.3 Å². The van der Waals surface area contributed by atoms with Gasteiger partial charge in [-0.2, -0.15) is 5.26 Å². The Bertz CT molecular complexity index is 981. The van der Waals surface area contributed by atoms with Gasteiger partial charge in [-0.3, -0.25) is 9.69 Å². The first-order chi connectivity index (χ1) is 12.6. The number of ether oxygens (including phenoxy) is 1. The predicted molar refractivity (Wildman–Crippen MR) is 96.8 cm³/mol. The lowest BCUT2D eigenvalue weighted by molar-refractivity contribution is -0.115. The minimum absolute atomic E-state index is 0.137. The van der Waals surface area contributed by atoms with Crippen molar-refractivity contribution in [1.29, 1.82) is 5.26 Å². The molecule has 0 bridgehead atoms. The molecule has 0 fully saturated rings. The lowest BCUT2D eigenvalue weighted by atomic mass is 10.2. The van der Waals surface area contributed by atoms with Crippen LogP contribution in [-0.2, 0) is 11.4 Å². The molecule has 0 aliphatic carbocycles. The van der Waals surface area contributed by atoms with E-state index in [1.165, 1.54) is 35.3 Å². The highest BCUT2D eigenvalue weighted by atomic mass is 32.1. The number of rotatable bonds is 5. The van der Waals surface area contributed by atoms with Crippen molar-refractivity contribution in [2.24, 2.45) is 0 Å². The molecule has 0 aliphatic heterocycles. The summed E-state index contributed by atoms with van der Waals surface area (Å²) in [7, 11) is 0. The van der Waals surface area contributed by atoms with Crippen LogP contribution < -0.4 is 9.64 Å². The van der Waals surface area contributed by atoms with E-state index in [1.807, 2.05) is 0 Å². The van der Waals surface area contributed by atoms with Gasteiger partial charge in [0.25, 0.3) is 0 Å². The molecule has 2 aromatic carbocycles. The number of carbonyl (C=O) groups excluding carboxylic acids is 1. The van der Waals surface area contributed by atoms with E-state index in [-0.39, 0.29) is 18.2 Å². The Labute approximate surface area is 153 Å². The second-order valence-electron chi connectivity index (χ2n) is 5.32. The normalized spacial score (nSPS) is 10.2. The number of halogens is 1. The van der Waals surface area contributed by atoms with Gasteiger partial charge < -0.3 is 4.74 Å². The summed E-state index contributed by atoms with van der Waals surface area (Å²) in [6, 6.07) is 15.0. The SMILES string of the molecule is CC(=O)N(c1nc(COc2ccccc2C#N)cs1)c1ccccc1F. The van der Waals surface area contributed by atoms with E-state index >= 15 is 0 Å². The van der Waals surface area contributed by atoms with Crippen molar-refractivity contribution in [3.8, 4) is 11.8 Å². The van der Waals surface area contributed by atoms with E-state index in [2.05, 4.69) is 11.1 Å². The van der Waals surface area contributed by atoms with Crippen molar-refractivity contribution in [2.45, 2.75) is 13.5 Å². The topological polar surface area (TPSA) is 66.2 Å². The predicted octanol–water partition coefficient (Wildman–Crippen LogP) is 4.42. The number of nitrogens with zero attached hydrogens (tertiary/aromatic N) is 3. The van der Waals surface area contributed by atoms with Crippen molar-refractivity contribution >= 4 is 28.1 Å². The quantitative estimate of drug-likeness (QED) is 0.670. The number of para-hydroxylation sites is 2. The van der Waals surface area contributed by atoms with Crippen molar-refractivity contribution < 1.29 is 13.9 Å². The lowest BCUT2D eigenvalue weighted by Gasteiger charge is -2.18. The average Bonchev–Trinajstić information content (AvgIpc) is 3.10. The van der Waals surface area contributed by atoms with Gasteiger partial charge in [-0.25, -0.2) is 9.37 Å². The number of aromatic nitrogens is 1. The smallest absolute Gasteiger partial charge is 0.230 e. The second kappa shape index (κ2) is 7.76. The number of carbonyl (C=O) groups is 1. The van der Waals surface area contributed by atoms with Gasteiger partial charge >= 0.3 is 0 Å². The molecule has 5 nitrogen and oxygen atoms in total. The molecule has 0 unspecified atom stereocenters. The van der Waals surface area contributed by atoms with Gasteiger partial charge in [-0.15, -0.1) is 11.3 Å². The van der Waals surface area contributed by atoms with E-state index in [1.54, 1.807) is 41.8 Å². The molecule has 7 heteroatoms. The fourth-order valence-corrected chi connectivity index (χ4v) is 3.21. The molecule has 0 radical (unpaired) electrons. The number of anilines is 2. The monoisotopic (exact) mass is 367 g/mol. The Morgan fingerprint density at radius 2 is 2.00 bits per heavy atom. The van der Waals surface area contributed by atoms with Crippen LogP contribution in [0, 0.1) is 17.1 Å². The summed E-state index contributed by atoms with van der Waals surface area (Å²) in [6.07, 6.45) is 0. The molecule has 0 spiro atoms. The van der Waals surface area contributed by atoms with Gasteiger partial charge in [-0.1, -0.05) is 24.3 Å². The fourth-order valence-electron chi connectivity index (χ4n) is 2.34. The van der Waals surface area contributed by atoms with E-state index in [0.717, 1.165) is 0 Å². The summed E-state index contributed by atoms with van der Waals surface area (Å²) in [6.45, 7) is 1.49. The van der Waals surface area contributed by atoms with Gasteiger partial charge in [0.1, 0.15) is 24.2 Å². The summed E-state index contributed by atoms with van der Waals surface area (Å²) in [5, 5.41) is 11.2.